The van der Waals surface area contributed by atoms with Crippen molar-refractivity contribution in [1.82, 2.24) is 20.3 Å². The van der Waals surface area contributed by atoms with Crippen molar-refractivity contribution in [1.29, 1.82) is 0 Å². The van der Waals surface area contributed by atoms with E-state index in [2.05, 4.69) is 20.3 Å². The molecule has 0 spiro atoms. The molecule has 11 heteroatoms. The van der Waals surface area contributed by atoms with Gasteiger partial charge in [0.25, 0.3) is 0 Å². The summed E-state index contributed by atoms with van der Waals surface area (Å²) >= 11 is 12.5. The highest BCUT2D eigenvalue weighted by Crippen LogP contribution is 2.30. The first kappa shape index (κ1) is 25.0. The van der Waals surface area contributed by atoms with Crippen LogP contribution in [0.25, 0.3) is 0 Å². The molecule has 9 nitrogen and oxygen atoms in total. The maximum atomic E-state index is 12.9. The molecular formula is C22H27Cl2N5O4. The number of anilines is 1. The monoisotopic (exact) mass is 495 g/mol. The average Bonchev–Trinajstić information content (AvgIpc) is 2.72. The Morgan fingerprint density at radius 1 is 1.18 bits per heavy atom. The number of nitrogens with zero attached hydrogens (tertiary/aromatic N) is 4. The first-order valence-corrected chi connectivity index (χ1v) is 11.2. The van der Waals surface area contributed by atoms with Crippen molar-refractivity contribution in [2.45, 2.75) is 51.7 Å². The Balaban J connectivity index is 1.69. The minimum atomic E-state index is -0.557. The minimum Gasteiger partial charge on any atom is -0.480 e. The lowest BCUT2D eigenvalue weighted by Gasteiger charge is -2.40. The fourth-order valence-corrected chi connectivity index (χ4v) is 3.93. The Bertz CT molecular complexity index is 1050. The Morgan fingerprint density at radius 2 is 1.85 bits per heavy atom. The normalized spacial score (nSPS) is 15.7. The number of halogens is 2. The van der Waals surface area contributed by atoms with Gasteiger partial charge < -0.3 is 19.7 Å². The SMILES string of the molecule is COc1nccc(C(=O)c2ncc(N3CCC(C)(NC(=O)OC(C)(C)C)CC3)nc2Cl)c1Cl. The Labute approximate surface area is 202 Å². The van der Waals surface area contributed by atoms with Crippen molar-refractivity contribution < 1.29 is 19.1 Å². The summed E-state index contributed by atoms with van der Waals surface area (Å²) < 4.78 is 10.4. The summed E-state index contributed by atoms with van der Waals surface area (Å²) in [4.78, 5) is 39.7. The van der Waals surface area contributed by atoms with Crippen LogP contribution < -0.4 is 15.0 Å². The Kier molecular flexibility index (Phi) is 7.33. The lowest BCUT2D eigenvalue weighted by molar-refractivity contribution is 0.0448. The molecule has 1 aliphatic heterocycles. The molecule has 2 aromatic heterocycles. The Morgan fingerprint density at radius 3 is 2.42 bits per heavy atom. The molecule has 2 aromatic rings. The van der Waals surface area contributed by atoms with Crippen molar-refractivity contribution in [3.8, 4) is 5.88 Å². The quantitative estimate of drug-likeness (QED) is 0.611. The molecule has 1 amide bonds. The van der Waals surface area contributed by atoms with Crippen LogP contribution in [0.1, 0.15) is 56.6 Å². The fraction of sp³-hybridized carbons (Fsp3) is 0.500. The van der Waals surface area contributed by atoms with E-state index in [-0.39, 0.29) is 27.3 Å². The van der Waals surface area contributed by atoms with Crippen LogP contribution in [0.5, 0.6) is 5.88 Å². The molecule has 0 aromatic carbocycles. The van der Waals surface area contributed by atoms with E-state index < -0.39 is 23.0 Å². The first-order chi connectivity index (χ1) is 15.4. The Hall–Kier alpha value is -2.65. The van der Waals surface area contributed by atoms with Crippen molar-refractivity contribution in [2.24, 2.45) is 0 Å². The van der Waals surface area contributed by atoms with Crippen LogP contribution in [0.4, 0.5) is 10.6 Å². The first-order valence-electron chi connectivity index (χ1n) is 10.4. The van der Waals surface area contributed by atoms with Crippen LogP contribution in [0.15, 0.2) is 18.5 Å². The molecule has 178 valence electrons. The number of ether oxygens (including phenoxy) is 2. The molecule has 0 bridgehead atoms. The molecule has 1 saturated heterocycles. The molecule has 3 heterocycles. The highest BCUT2D eigenvalue weighted by molar-refractivity contribution is 6.38. The number of methoxy groups -OCH3 is 1. The van der Waals surface area contributed by atoms with Crippen LogP contribution in [-0.4, -0.2) is 58.2 Å². The summed E-state index contributed by atoms with van der Waals surface area (Å²) in [6, 6.07) is 1.47. The number of aromatic nitrogens is 3. The van der Waals surface area contributed by atoms with Gasteiger partial charge in [-0.2, -0.15) is 0 Å². The van der Waals surface area contributed by atoms with Gasteiger partial charge in [0.05, 0.1) is 13.3 Å². The number of pyridine rings is 1. The zero-order valence-corrected chi connectivity index (χ0v) is 20.8. The van der Waals surface area contributed by atoms with Crippen molar-refractivity contribution in [3.63, 3.8) is 0 Å². The number of amides is 1. The largest absolute Gasteiger partial charge is 0.480 e. The van der Waals surface area contributed by atoms with Gasteiger partial charge in [-0.25, -0.2) is 19.7 Å². The second-order valence-electron chi connectivity index (χ2n) is 9.05. The van der Waals surface area contributed by atoms with E-state index in [0.29, 0.717) is 31.7 Å². The highest BCUT2D eigenvalue weighted by atomic mass is 35.5. The molecule has 33 heavy (non-hydrogen) atoms. The van der Waals surface area contributed by atoms with E-state index in [1.807, 2.05) is 32.6 Å². The van der Waals surface area contributed by atoms with E-state index in [0.717, 1.165) is 0 Å². The maximum Gasteiger partial charge on any atom is 0.408 e. The van der Waals surface area contributed by atoms with Crippen molar-refractivity contribution in [2.75, 3.05) is 25.1 Å². The van der Waals surface area contributed by atoms with Gasteiger partial charge in [0.15, 0.2) is 5.15 Å². The molecule has 0 atom stereocenters. The fourth-order valence-electron chi connectivity index (χ4n) is 3.44. The van der Waals surface area contributed by atoms with Crippen LogP contribution in [0.2, 0.25) is 10.2 Å². The van der Waals surface area contributed by atoms with E-state index >= 15 is 0 Å². The van der Waals surface area contributed by atoms with Crippen LogP contribution in [0.3, 0.4) is 0 Å². The van der Waals surface area contributed by atoms with Gasteiger partial charge in [0, 0.05) is 30.4 Å². The van der Waals surface area contributed by atoms with Gasteiger partial charge in [-0.05, 0) is 46.6 Å². The summed E-state index contributed by atoms with van der Waals surface area (Å²) in [5, 5.41) is 3.03. The van der Waals surface area contributed by atoms with Gasteiger partial charge in [-0.1, -0.05) is 23.2 Å². The molecule has 0 radical (unpaired) electrons. The van der Waals surface area contributed by atoms with Gasteiger partial charge in [0.2, 0.25) is 11.7 Å². The molecule has 3 rings (SSSR count). The number of hydrogen-bond donors (Lipinski definition) is 1. The third kappa shape index (κ3) is 6.03. The number of nitrogens with one attached hydrogen (secondary N) is 1. The molecule has 0 aliphatic carbocycles. The summed E-state index contributed by atoms with van der Waals surface area (Å²) in [7, 11) is 1.41. The molecule has 1 N–H and O–H groups in total. The molecule has 0 unspecified atom stereocenters. The number of carbonyl (C=O) groups is 2. The number of alkyl carbamates (subject to hydrolysis) is 1. The van der Waals surface area contributed by atoms with Crippen LogP contribution in [-0.2, 0) is 4.74 Å². The van der Waals surface area contributed by atoms with Gasteiger partial charge >= 0.3 is 6.09 Å². The average molecular weight is 496 g/mol. The highest BCUT2D eigenvalue weighted by Gasteiger charge is 2.34. The van der Waals surface area contributed by atoms with Gasteiger partial charge in [-0.15, -0.1) is 0 Å². The zero-order chi connectivity index (χ0) is 24.4. The summed E-state index contributed by atoms with van der Waals surface area (Å²) in [6.45, 7) is 8.71. The molecular weight excluding hydrogens is 469 g/mol. The van der Waals surface area contributed by atoms with Crippen LogP contribution in [0, 0.1) is 0 Å². The molecule has 0 saturated carbocycles. The predicted octanol–water partition coefficient (Wildman–Crippen LogP) is 4.30. The standard InChI is InChI=1S/C22H27Cl2N5O4/c1-21(2,3)33-20(31)28-22(4)7-10-29(11-8-22)14-12-26-16(18(24)27-14)17(30)13-6-9-25-19(32-5)15(13)23/h6,9,12H,7-8,10-11H2,1-5H3,(H,28,31). The molecule has 1 aliphatic rings. The predicted molar refractivity (Wildman–Crippen MR) is 125 cm³/mol. The summed E-state index contributed by atoms with van der Waals surface area (Å²) in [6.07, 6.45) is 3.85. The summed E-state index contributed by atoms with van der Waals surface area (Å²) in [5.74, 6) is 0.214. The van der Waals surface area contributed by atoms with Crippen LogP contribution >= 0.6 is 23.2 Å². The number of piperidine rings is 1. The topological polar surface area (TPSA) is 107 Å². The van der Waals surface area contributed by atoms with Crippen molar-refractivity contribution in [3.05, 3.63) is 39.9 Å². The van der Waals surface area contributed by atoms with E-state index in [4.69, 9.17) is 32.7 Å². The maximum absolute atomic E-state index is 12.9. The summed E-state index contributed by atoms with van der Waals surface area (Å²) in [5.41, 5.74) is -0.792. The second-order valence-corrected chi connectivity index (χ2v) is 9.79. The zero-order valence-electron chi connectivity index (χ0n) is 19.2. The minimum absolute atomic E-state index is 0.0102. The lowest BCUT2D eigenvalue weighted by Crippen LogP contribution is -2.54. The number of ketones is 1. The number of hydrogen-bond acceptors (Lipinski definition) is 8. The molecule has 1 fully saturated rings. The third-order valence-electron chi connectivity index (χ3n) is 5.22. The number of rotatable bonds is 5. The van der Waals surface area contributed by atoms with E-state index in [1.165, 1.54) is 25.6 Å². The number of carbonyl (C=O) groups excluding carboxylic acids is 2. The smallest absolute Gasteiger partial charge is 0.408 e. The van der Waals surface area contributed by atoms with Crippen molar-refractivity contribution >= 4 is 40.9 Å². The second kappa shape index (κ2) is 9.69. The van der Waals surface area contributed by atoms with E-state index in [1.54, 1.807) is 0 Å². The van der Waals surface area contributed by atoms with E-state index in [9.17, 15) is 9.59 Å². The third-order valence-corrected chi connectivity index (χ3v) is 5.85. The van der Waals surface area contributed by atoms with Gasteiger partial charge in [-0.3, -0.25) is 4.79 Å². The van der Waals surface area contributed by atoms with Gasteiger partial charge in [0.1, 0.15) is 22.1 Å². The lowest BCUT2D eigenvalue weighted by atomic mass is 9.90.